The van der Waals surface area contributed by atoms with Crippen molar-refractivity contribution in [2.45, 2.75) is 38.0 Å². The Balaban J connectivity index is 1.03. The number of anilines is 1. The first-order valence-electron chi connectivity index (χ1n) is 14.7. The van der Waals surface area contributed by atoms with Crippen LogP contribution in [0.25, 0.3) is 16.8 Å². The van der Waals surface area contributed by atoms with Crippen molar-refractivity contribution < 1.29 is 18.8 Å². The predicted molar refractivity (Wildman–Crippen MR) is 168 cm³/mol. The molecule has 230 valence electrons. The van der Waals surface area contributed by atoms with Gasteiger partial charge in [-0.3, -0.25) is 29.6 Å². The SMILES string of the molecule is C=C(Cn1cc(CNc2cccc3c2C(=O)N(C2CCC(=O)NC2=O)C3=C)nn1)NC(c1cccnc1)c1cc2cccnc2o1. The summed E-state index contributed by atoms with van der Waals surface area (Å²) >= 11 is 0. The largest absolute Gasteiger partial charge is 0.440 e. The fourth-order valence-corrected chi connectivity index (χ4v) is 5.83. The second kappa shape index (κ2) is 11.8. The third-order valence-corrected chi connectivity index (χ3v) is 7.98. The Labute approximate surface area is 263 Å². The number of aromatic nitrogens is 5. The van der Waals surface area contributed by atoms with Gasteiger partial charge in [0.25, 0.3) is 5.91 Å². The third-order valence-electron chi connectivity index (χ3n) is 7.98. The zero-order valence-corrected chi connectivity index (χ0v) is 24.6. The molecule has 1 aromatic carbocycles. The number of hydrogen-bond donors (Lipinski definition) is 3. The molecule has 0 saturated carbocycles. The number of hydrogen-bond acceptors (Lipinski definition) is 10. The third kappa shape index (κ3) is 5.38. The number of benzene rings is 1. The van der Waals surface area contributed by atoms with Crippen LogP contribution in [-0.4, -0.2) is 53.6 Å². The number of carbonyl (C=O) groups excluding carboxylic acids is 3. The molecule has 0 bridgehead atoms. The lowest BCUT2D eigenvalue weighted by molar-refractivity contribution is -0.136. The van der Waals surface area contributed by atoms with Crippen LogP contribution in [0.2, 0.25) is 0 Å². The lowest BCUT2D eigenvalue weighted by Crippen LogP contribution is -2.52. The number of allylic oxidation sites excluding steroid dienone is 1. The predicted octanol–water partition coefficient (Wildman–Crippen LogP) is 3.55. The summed E-state index contributed by atoms with van der Waals surface area (Å²) in [6.07, 6.45) is 7.37. The van der Waals surface area contributed by atoms with Gasteiger partial charge in [-0.1, -0.05) is 36.6 Å². The van der Waals surface area contributed by atoms with Crippen LogP contribution < -0.4 is 16.0 Å². The Hall–Kier alpha value is -6.11. The summed E-state index contributed by atoms with van der Waals surface area (Å²) in [6.45, 7) is 8.92. The summed E-state index contributed by atoms with van der Waals surface area (Å²) in [5.74, 6) is -0.507. The number of imide groups is 1. The molecule has 1 saturated heterocycles. The highest BCUT2D eigenvalue weighted by molar-refractivity contribution is 6.15. The van der Waals surface area contributed by atoms with Gasteiger partial charge in [-0.15, -0.1) is 5.10 Å². The number of nitrogens with one attached hydrogen (secondary N) is 3. The van der Waals surface area contributed by atoms with Gasteiger partial charge >= 0.3 is 0 Å². The smallest absolute Gasteiger partial charge is 0.261 e. The molecule has 0 spiro atoms. The van der Waals surface area contributed by atoms with E-state index < -0.39 is 11.9 Å². The van der Waals surface area contributed by atoms with Gasteiger partial charge in [0.1, 0.15) is 23.5 Å². The van der Waals surface area contributed by atoms with Gasteiger partial charge in [0.2, 0.25) is 17.5 Å². The highest BCUT2D eigenvalue weighted by atomic mass is 16.3. The van der Waals surface area contributed by atoms with Gasteiger partial charge in [0.15, 0.2) is 0 Å². The molecule has 1 fully saturated rings. The number of rotatable bonds is 10. The number of piperidine rings is 1. The Morgan fingerprint density at radius 2 is 2.00 bits per heavy atom. The average molecular weight is 616 g/mol. The standard InChI is InChI=1S/C33H29N9O4/c1-19(37-30(22-7-4-12-34-15-22)27-14-21-6-5-13-35-32(21)46-27)17-41-18-23(39-40-41)16-36-25-9-3-8-24-20(2)42(33(45)29(24)25)26-10-11-28(43)38-31(26)44/h3-9,12-15,18,26,30,36-37H,1-2,10-11,16-17H2,(H,38,43,44). The van der Waals surface area contributed by atoms with E-state index in [1.54, 1.807) is 41.6 Å². The molecule has 2 aliphatic rings. The highest BCUT2D eigenvalue weighted by Gasteiger charge is 2.42. The zero-order valence-electron chi connectivity index (χ0n) is 24.6. The summed E-state index contributed by atoms with van der Waals surface area (Å²) in [5.41, 5.74) is 4.82. The molecule has 4 aromatic heterocycles. The fourth-order valence-electron chi connectivity index (χ4n) is 5.83. The molecule has 0 aliphatic carbocycles. The van der Waals surface area contributed by atoms with E-state index in [1.165, 1.54) is 4.90 Å². The van der Waals surface area contributed by atoms with Gasteiger partial charge in [-0.2, -0.15) is 0 Å². The van der Waals surface area contributed by atoms with Crippen molar-refractivity contribution in [3.05, 3.63) is 120 Å². The average Bonchev–Trinajstić information content (AvgIpc) is 3.76. The molecule has 13 heteroatoms. The molecular formula is C33H29N9O4. The van der Waals surface area contributed by atoms with Crippen LogP contribution in [0.4, 0.5) is 5.69 Å². The van der Waals surface area contributed by atoms with Gasteiger partial charge in [-0.25, -0.2) is 9.67 Å². The van der Waals surface area contributed by atoms with E-state index in [4.69, 9.17) is 4.42 Å². The van der Waals surface area contributed by atoms with E-state index in [0.717, 1.165) is 10.9 Å². The molecule has 7 rings (SSSR count). The molecule has 2 atom stereocenters. The maximum Gasteiger partial charge on any atom is 0.261 e. The van der Waals surface area contributed by atoms with E-state index in [2.05, 4.69) is 49.4 Å². The molecular weight excluding hydrogens is 586 g/mol. The monoisotopic (exact) mass is 615 g/mol. The minimum absolute atomic E-state index is 0.161. The van der Waals surface area contributed by atoms with Gasteiger partial charge in [-0.05, 0) is 36.8 Å². The molecule has 2 aliphatic heterocycles. The summed E-state index contributed by atoms with van der Waals surface area (Å²) in [5, 5.41) is 18.5. The van der Waals surface area contributed by atoms with Crippen LogP contribution in [0.1, 0.15) is 51.8 Å². The van der Waals surface area contributed by atoms with Crippen molar-refractivity contribution in [3.63, 3.8) is 0 Å². The zero-order chi connectivity index (χ0) is 31.8. The maximum absolute atomic E-state index is 13.5. The van der Waals surface area contributed by atoms with E-state index in [1.807, 2.05) is 36.4 Å². The van der Waals surface area contributed by atoms with E-state index in [9.17, 15) is 14.4 Å². The van der Waals surface area contributed by atoms with Crippen molar-refractivity contribution in [2.75, 3.05) is 5.32 Å². The van der Waals surface area contributed by atoms with Crippen molar-refractivity contribution >= 4 is 40.2 Å². The number of pyridine rings is 2. The Kier molecular flexibility index (Phi) is 7.33. The molecule has 2 unspecified atom stereocenters. The maximum atomic E-state index is 13.5. The Morgan fingerprint density at radius 1 is 1.13 bits per heavy atom. The molecule has 13 nitrogen and oxygen atoms in total. The minimum Gasteiger partial charge on any atom is -0.440 e. The van der Waals surface area contributed by atoms with Crippen LogP contribution in [0.15, 0.2) is 96.6 Å². The lowest BCUT2D eigenvalue weighted by Gasteiger charge is -2.30. The van der Waals surface area contributed by atoms with E-state index in [0.29, 0.717) is 58.5 Å². The quantitative estimate of drug-likeness (QED) is 0.198. The molecule has 3 amide bonds. The van der Waals surface area contributed by atoms with Crippen LogP contribution in [0.3, 0.4) is 0 Å². The molecule has 0 radical (unpaired) electrons. The Bertz CT molecular complexity index is 1980. The molecule has 5 aromatic rings. The van der Waals surface area contributed by atoms with Crippen LogP contribution in [-0.2, 0) is 22.7 Å². The summed E-state index contributed by atoms with van der Waals surface area (Å²) in [7, 11) is 0. The van der Waals surface area contributed by atoms with Gasteiger partial charge < -0.3 is 15.1 Å². The van der Waals surface area contributed by atoms with E-state index >= 15 is 0 Å². The first-order valence-corrected chi connectivity index (χ1v) is 14.7. The van der Waals surface area contributed by atoms with Crippen LogP contribution in [0.5, 0.6) is 0 Å². The normalized spacial score (nSPS) is 16.8. The molecule has 3 N–H and O–H groups in total. The van der Waals surface area contributed by atoms with Crippen molar-refractivity contribution in [3.8, 4) is 0 Å². The second-order valence-corrected chi connectivity index (χ2v) is 11.1. The summed E-state index contributed by atoms with van der Waals surface area (Å²) in [4.78, 5) is 47.7. The minimum atomic E-state index is -0.791. The lowest BCUT2D eigenvalue weighted by atomic mass is 10.0. The van der Waals surface area contributed by atoms with Crippen LogP contribution in [0, 0.1) is 0 Å². The van der Waals surface area contributed by atoms with Gasteiger partial charge in [0.05, 0.1) is 24.8 Å². The Morgan fingerprint density at radius 3 is 2.80 bits per heavy atom. The van der Waals surface area contributed by atoms with Crippen molar-refractivity contribution in [1.82, 2.24) is 40.5 Å². The second-order valence-electron chi connectivity index (χ2n) is 11.1. The summed E-state index contributed by atoms with van der Waals surface area (Å²) in [6, 6.07) is 13.8. The van der Waals surface area contributed by atoms with Crippen molar-refractivity contribution in [2.24, 2.45) is 0 Å². The summed E-state index contributed by atoms with van der Waals surface area (Å²) < 4.78 is 7.73. The van der Waals surface area contributed by atoms with Gasteiger partial charge in [0, 0.05) is 58.6 Å². The highest BCUT2D eigenvalue weighted by Crippen LogP contribution is 2.38. The first kappa shape index (κ1) is 28.6. The number of amides is 3. The van der Waals surface area contributed by atoms with Crippen molar-refractivity contribution in [1.29, 1.82) is 0 Å². The van der Waals surface area contributed by atoms with Crippen LogP contribution >= 0.6 is 0 Å². The number of carbonyl (C=O) groups is 3. The molecule has 46 heavy (non-hydrogen) atoms. The fraction of sp³-hybridized carbons (Fsp3) is 0.182. The number of nitrogens with zero attached hydrogens (tertiary/aromatic N) is 6. The number of fused-ring (bicyclic) bond motifs is 2. The van der Waals surface area contributed by atoms with E-state index in [-0.39, 0.29) is 30.7 Å². The number of furan rings is 1. The molecule has 6 heterocycles. The first-order chi connectivity index (χ1) is 22.4. The topological polar surface area (TPSA) is 160 Å².